The van der Waals surface area contributed by atoms with Gasteiger partial charge in [-0.05, 0) is 140 Å². The first-order valence-electron chi connectivity index (χ1n) is 13.8. The van der Waals surface area contributed by atoms with Crippen molar-refractivity contribution < 1.29 is 9.21 Å². The van der Waals surface area contributed by atoms with Crippen LogP contribution in [0, 0.1) is 35.2 Å². The van der Waals surface area contributed by atoms with Crippen LogP contribution >= 0.6 is 38.5 Å². The fraction of sp³-hybridized carbons (Fsp3) is 0.375. The molecule has 1 N–H and O–H groups in total. The molecule has 200 valence electrons. The molecule has 2 heterocycles. The molecular formula is C32H31BrIN3O2. The van der Waals surface area contributed by atoms with Crippen molar-refractivity contribution >= 4 is 61.6 Å². The van der Waals surface area contributed by atoms with Gasteiger partial charge in [0.2, 0.25) is 0 Å². The van der Waals surface area contributed by atoms with Gasteiger partial charge in [0.1, 0.15) is 5.58 Å². The highest BCUT2D eigenvalue weighted by atomic mass is 127. The fourth-order valence-electron chi connectivity index (χ4n) is 8.15. The summed E-state index contributed by atoms with van der Waals surface area (Å²) in [5.74, 6) is 2.71. The van der Waals surface area contributed by atoms with E-state index in [4.69, 9.17) is 4.42 Å². The van der Waals surface area contributed by atoms with Gasteiger partial charge in [-0.15, -0.1) is 0 Å². The highest BCUT2D eigenvalue weighted by Crippen LogP contribution is 2.60. The fourth-order valence-corrected chi connectivity index (χ4v) is 9.81. The summed E-state index contributed by atoms with van der Waals surface area (Å²) in [5.41, 5.74) is 9.66. The number of hydrazone groups is 1. The van der Waals surface area contributed by atoms with E-state index in [1.165, 1.54) is 44.2 Å². The van der Waals surface area contributed by atoms with Crippen LogP contribution in [0.2, 0.25) is 0 Å². The molecule has 4 saturated carbocycles. The largest absolute Gasteiger partial charge is 0.450 e. The minimum Gasteiger partial charge on any atom is -0.450 e. The lowest BCUT2D eigenvalue weighted by Crippen LogP contribution is -2.48. The van der Waals surface area contributed by atoms with Crippen LogP contribution in [0.1, 0.15) is 71.6 Å². The van der Waals surface area contributed by atoms with E-state index in [-0.39, 0.29) is 11.7 Å². The Labute approximate surface area is 250 Å². The normalized spacial score (nSPS) is 25.7. The van der Waals surface area contributed by atoms with E-state index in [0.717, 1.165) is 48.1 Å². The standard InChI is InChI=1S/C32H31BrIN3O2/c1-18-7-24(17-35-36-31(38)29-12-23-11-26(33)13-28(34)30(23)39-29)19(2)37(18)27-5-3-25(4-6-27)32-14-20-8-21(15-32)10-22(9-20)16-32/h3-7,11-13,17,20-22H,8-10,14-16H2,1-2H3,(H,36,38)/b35-17-. The minimum absolute atomic E-state index is 0.239. The number of aryl methyl sites for hydroxylation is 1. The molecule has 0 unspecified atom stereocenters. The van der Waals surface area contributed by atoms with Crippen LogP contribution < -0.4 is 5.43 Å². The SMILES string of the molecule is Cc1cc(/C=N\NC(=O)c2cc3cc(Br)cc(I)c3o2)c(C)n1-c1ccc(C23CC4CC(CC(C4)C2)C3)cc1. The maximum Gasteiger partial charge on any atom is 0.307 e. The van der Waals surface area contributed by atoms with Gasteiger partial charge < -0.3 is 8.98 Å². The lowest BCUT2D eigenvalue weighted by Gasteiger charge is -2.57. The maximum absolute atomic E-state index is 12.7. The number of halogens is 2. The lowest BCUT2D eigenvalue weighted by molar-refractivity contribution is -0.00518. The van der Waals surface area contributed by atoms with E-state index < -0.39 is 0 Å². The zero-order valence-corrected chi connectivity index (χ0v) is 25.9. The molecule has 4 aliphatic rings. The van der Waals surface area contributed by atoms with Crippen LogP contribution in [0.4, 0.5) is 0 Å². The highest BCUT2D eigenvalue weighted by Gasteiger charge is 2.51. The van der Waals surface area contributed by atoms with Crippen LogP contribution in [0.25, 0.3) is 16.7 Å². The number of nitrogens with one attached hydrogen (secondary N) is 1. The summed E-state index contributed by atoms with van der Waals surface area (Å²) in [7, 11) is 0. The van der Waals surface area contributed by atoms with Crippen LogP contribution in [-0.2, 0) is 5.41 Å². The molecule has 0 saturated heterocycles. The molecule has 4 aromatic rings. The number of carbonyl (C=O) groups excluding carboxylic acids is 1. The van der Waals surface area contributed by atoms with Crippen LogP contribution in [0.3, 0.4) is 0 Å². The van der Waals surface area contributed by atoms with Gasteiger partial charge in [0, 0.05) is 32.5 Å². The summed E-state index contributed by atoms with van der Waals surface area (Å²) in [6, 6.07) is 17.1. The number of aromatic nitrogens is 1. The second-order valence-electron chi connectivity index (χ2n) is 12.0. The van der Waals surface area contributed by atoms with Crippen LogP contribution in [0.15, 0.2) is 62.5 Å². The number of hydrogen-bond acceptors (Lipinski definition) is 3. The summed E-state index contributed by atoms with van der Waals surface area (Å²) in [4.78, 5) is 12.7. The molecule has 8 rings (SSSR count). The number of benzene rings is 2. The Morgan fingerprint density at radius 3 is 2.38 bits per heavy atom. The molecule has 0 aliphatic heterocycles. The first kappa shape index (κ1) is 25.6. The Hall–Kier alpha value is -2.39. The molecule has 0 spiro atoms. The summed E-state index contributed by atoms with van der Waals surface area (Å²) in [5, 5.41) is 5.12. The van der Waals surface area contributed by atoms with Crippen molar-refractivity contribution in [2.45, 2.75) is 57.8 Å². The third-order valence-corrected chi connectivity index (χ3v) is 10.6. The van der Waals surface area contributed by atoms with Gasteiger partial charge in [-0.25, -0.2) is 5.43 Å². The molecule has 0 atom stereocenters. The zero-order valence-electron chi connectivity index (χ0n) is 22.1. The van der Waals surface area contributed by atoms with Gasteiger partial charge >= 0.3 is 5.91 Å². The number of rotatable bonds is 5. The number of fused-ring (bicyclic) bond motifs is 1. The Morgan fingerprint density at radius 2 is 1.72 bits per heavy atom. The molecule has 5 nitrogen and oxygen atoms in total. The predicted octanol–water partition coefficient (Wildman–Crippen LogP) is 8.44. The Bertz CT molecular complexity index is 1600. The molecule has 2 aromatic carbocycles. The summed E-state index contributed by atoms with van der Waals surface area (Å²) in [6.45, 7) is 4.21. The summed E-state index contributed by atoms with van der Waals surface area (Å²) in [6.07, 6.45) is 10.3. The van der Waals surface area contributed by atoms with Crippen molar-refractivity contribution in [1.82, 2.24) is 9.99 Å². The van der Waals surface area contributed by atoms with Gasteiger partial charge in [0.25, 0.3) is 0 Å². The van der Waals surface area contributed by atoms with Crippen molar-refractivity contribution in [1.29, 1.82) is 0 Å². The van der Waals surface area contributed by atoms with Crippen molar-refractivity contribution in [3.05, 3.63) is 84.8 Å². The van der Waals surface area contributed by atoms with E-state index in [1.54, 1.807) is 17.8 Å². The first-order valence-corrected chi connectivity index (χ1v) is 15.7. The molecule has 7 heteroatoms. The average molecular weight is 696 g/mol. The lowest BCUT2D eigenvalue weighted by atomic mass is 9.48. The molecule has 1 amide bonds. The number of amides is 1. The minimum atomic E-state index is -0.372. The Kier molecular flexibility index (Phi) is 6.30. The molecule has 2 aromatic heterocycles. The van der Waals surface area contributed by atoms with E-state index in [1.807, 2.05) is 12.1 Å². The smallest absolute Gasteiger partial charge is 0.307 e. The molecule has 4 fully saturated rings. The number of carbonyl (C=O) groups is 1. The Balaban J connectivity index is 1.08. The van der Waals surface area contributed by atoms with Gasteiger partial charge in [-0.2, -0.15) is 5.10 Å². The Morgan fingerprint density at radius 1 is 1.05 bits per heavy atom. The zero-order chi connectivity index (χ0) is 26.9. The first-order chi connectivity index (χ1) is 18.8. The van der Waals surface area contributed by atoms with E-state index in [2.05, 4.69) is 97.8 Å². The molecule has 39 heavy (non-hydrogen) atoms. The quantitative estimate of drug-likeness (QED) is 0.129. The molecule has 4 aliphatic carbocycles. The van der Waals surface area contributed by atoms with Crippen molar-refractivity contribution in [3.8, 4) is 5.69 Å². The maximum atomic E-state index is 12.7. The average Bonchev–Trinajstić information content (AvgIpc) is 3.44. The summed E-state index contributed by atoms with van der Waals surface area (Å²) >= 11 is 5.70. The van der Waals surface area contributed by atoms with Crippen molar-refractivity contribution in [2.75, 3.05) is 0 Å². The van der Waals surface area contributed by atoms with Gasteiger partial charge in [-0.3, -0.25) is 4.79 Å². The van der Waals surface area contributed by atoms with Crippen molar-refractivity contribution in [3.63, 3.8) is 0 Å². The van der Waals surface area contributed by atoms with Gasteiger partial charge in [0.15, 0.2) is 5.76 Å². The topological polar surface area (TPSA) is 59.5 Å². The van der Waals surface area contributed by atoms with Gasteiger partial charge in [-0.1, -0.05) is 28.1 Å². The summed E-state index contributed by atoms with van der Waals surface area (Å²) < 4.78 is 9.95. The van der Waals surface area contributed by atoms with Crippen LogP contribution in [0.5, 0.6) is 0 Å². The van der Waals surface area contributed by atoms with Gasteiger partial charge in [0.05, 0.1) is 9.78 Å². The monoisotopic (exact) mass is 695 g/mol. The van der Waals surface area contributed by atoms with E-state index in [9.17, 15) is 4.79 Å². The second kappa shape index (κ2) is 9.61. The third kappa shape index (κ3) is 4.49. The third-order valence-electron chi connectivity index (χ3n) is 9.38. The number of furan rings is 1. The highest BCUT2D eigenvalue weighted by molar-refractivity contribution is 14.1. The van der Waals surface area contributed by atoms with E-state index >= 15 is 0 Å². The molecule has 0 radical (unpaired) electrons. The number of nitrogens with zero attached hydrogens (tertiary/aromatic N) is 2. The molecular weight excluding hydrogens is 665 g/mol. The van der Waals surface area contributed by atoms with E-state index in [0.29, 0.717) is 11.0 Å². The second-order valence-corrected chi connectivity index (χ2v) is 14.1. The number of hydrogen-bond donors (Lipinski definition) is 1. The molecule has 4 bridgehead atoms. The van der Waals surface area contributed by atoms with Crippen LogP contribution in [-0.4, -0.2) is 16.7 Å². The predicted molar refractivity (Wildman–Crippen MR) is 167 cm³/mol. The van der Waals surface area contributed by atoms with Crippen molar-refractivity contribution in [2.24, 2.45) is 22.9 Å².